The molecule has 1 rings (SSSR count). The summed E-state index contributed by atoms with van der Waals surface area (Å²) in [6.45, 7) is 9.04. The molecule has 0 aliphatic carbocycles. The summed E-state index contributed by atoms with van der Waals surface area (Å²) < 4.78 is 5.43. The van der Waals surface area contributed by atoms with Crippen LogP contribution in [0.4, 0.5) is 0 Å². The van der Waals surface area contributed by atoms with Gasteiger partial charge in [-0.15, -0.1) is 0 Å². The molecule has 0 radical (unpaired) electrons. The van der Waals surface area contributed by atoms with E-state index in [0.29, 0.717) is 31.7 Å². The van der Waals surface area contributed by atoms with Gasteiger partial charge in [0, 0.05) is 19.1 Å². The highest BCUT2D eigenvalue weighted by Crippen LogP contribution is 2.22. The Labute approximate surface area is 105 Å². The van der Waals surface area contributed by atoms with E-state index in [1.807, 2.05) is 13.8 Å². The fourth-order valence-corrected chi connectivity index (χ4v) is 2.57. The molecule has 0 aromatic rings. The van der Waals surface area contributed by atoms with Gasteiger partial charge in [0.05, 0.1) is 18.8 Å². The lowest BCUT2D eigenvalue weighted by Gasteiger charge is -2.40. The van der Waals surface area contributed by atoms with Gasteiger partial charge >= 0.3 is 0 Å². The Morgan fingerprint density at radius 2 is 2.18 bits per heavy atom. The fraction of sp³-hybridized carbons (Fsp3) is 1.00. The average Bonchev–Trinajstić information content (AvgIpc) is 2.27. The van der Waals surface area contributed by atoms with E-state index in [-0.39, 0.29) is 6.10 Å². The van der Waals surface area contributed by atoms with E-state index in [0.717, 1.165) is 6.54 Å². The van der Waals surface area contributed by atoms with Crippen molar-refractivity contribution in [3.8, 4) is 0 Å². The van der Waals surface area contributed by atoms with Crippen molar-refractivity contribution in [3.63, 3.8) is 0 Å². The summed E-state index contributed by atoms with van der Waals surface area (Å²) in [4.78, 5) is 2.32. The van der Waals surface area contributed by atoms with Crippen molar-refractivity contribution in [1.82, 2.24) is 4.90 Å². The topological polar surface area (TPSA) is 58.7 Å². The van der Waals surface area contributed by atoms with E-state index in [2.05, 4.69) is 11.8 Å². The van der Waals surface area contributed by atoms with Gasteiger partial charge in [-0.25, -0.2) is 0 Å². The summed E-state index contributed by atoms with van der Waals surface area (Å²) >= 11 is 0. The minimum Gasteiger partial charge on any atom is -0.389 e. The maximum absolute atomic E-state index is 9.94. The van der Waals surface area contributed by atoms with Gasteiger partial charge in [0.25, 0.3) is 0 Å². The number of nitrogens with zero attached hydrogens (tertiary/aromatic N) is 1. The molecule has 4 heteroatoms. The second-order valence-corrected chi connectivity index (χ2v) is 5.45. The van der Waals surface area contributed by atoms with Gasteiger partial charge in [0.1, 0.15) is 0 Å². The number of aliphatic hydroxyl groups excluding tert-OH is 1. The van der Waals surface area contributed by atoms with Crippen molar-refractivity contribution < 1.29 is 9.84 Å². The maximum atomic E-state index is 9.94. The van der Waals surface area contributed by atoms with Crippen molar-refractivity contribution >= 4 is 0 Å². The Kier molecular flexibility index (Phi) is 6.41. The zero-order chi connectivity index (χ0) is 12.8. The quantitative estimate of drug-likeness (QED) is 0.726. The van der Waals surface area contributed by atoms with Crippen LogP contribution in [-0.4, -0.2) is 54.5 Å². The van der Waals surface area contributed by atoms with Crippen molar-refractivity contribution in [1.29, 1.82) is 0 Å². The number of aliphatic hydroxyl groups is 1. The molecule has 1 saturated heterocycles. The Hall–Kier alpha value is -0.160. The van der Waals surface area contributed by atoms with Gasteiger partial charge in [-0.1, -0.05) is 6.92 Å². The van der Waals surface area contributed by atoms with Crippen LogP contribution in [0.2, 0.25) is 0 Å². The molecule has 1 aliphatic heterocycles. The molecule has 3 unspecified atom stereocenters. The zero-order valence-electron chi connectivity index (χ0n) is 11.4. The number of nitrogens with two attached hydrogens (primary N) is 1. The summed E-state index contributed by atoms with van der Waals surface area (Å²) in [5, 5.41) is 9.94. The number of hydrogen-bond donors (Lipinski definition) is 2. The molecule has 0 spiro atoms. The summed E-state index contributed by atoms with van der Waals surface area (Å²) in [6.07, 6.45) is 2.22. The Bertz CT molecular complexity index is 212. The highest BCUT2D eigenvalue weighted by atomic mass is 16.5. The van der Waals surface area contributed by atoms with Crippen molar-refractivity contribution in [2.45, 2.75) is 51.9 Å². The molecular formula is C13H28N2O2. The van der Waals surface area contributed by atoms with E-state index in [9.17, 15) is 5.11 Å². The summed E-state index contributed by atoms with van der Waals surface area (Å²) in [5.74, 6) is 0.631. The van der Waals surface area contributed by atoms with Crippen molar-refractivity contribution in [3.05, 3.63) is 0 Å². The molecule has 102 valence electrons. The first-order valence-corrected chi connectivity index (χ1v) is 6.78. The number of likely N-dealkylation sites (tertiary alicyclic amines) is 1. The molecule has 1 heterocycles. The molecule has 0 aromatic carbocycles. The molecule has 0 bridgehead atoms. The minimum atomic E-state index is -0.406. The Morgan fingerprint density at radius 3 is 2.76 bits per heavy atom. The number of ether oxygens (including phenoxy) is 1. The van der Waals surface area contributed by atoms with E-state index in [1.54, 1.807) is 0 Å². The predicted molar refractivity (Wildman–Crippen MR) is 69.9 cm³/mol. The monoisotopic (exact) mass is 244 g/mol. The molecule has 1 fully saturated rings. The molecule has 3 atom stereocenters. The third-order valence-corrected chi connectivity index (χ3v) is 3.54. The fourth-order valence-electron chi connectivity index (χ4n) is 2.57. The molecule has 0 aromatic heterocycles. The number of hydrogen-bond acceptors (Lipinski definition) is 4. The van der Waals surface area contributed by atoms with Gasteiger partial charge in [-0.3, -0.25) is 4.90 Å². The van der Waals surface area contributed by atoms with E-state index in [4.69, 9.17) is 10.5 Å². The van der Waals surface area contributed by atoms with Crippen LogP contribution in [0.3, 0.4) is 0 Å². The van der Waals surface area contributed by atoms with Crippen LogP contribution in [0, 0.1) is 5.92 Å². The van der Waals surface area contributed by atoms with Crippen LogP contribution in [0.1, 0.15) is 33.6 Å². The van der Waals surface area contributed by atoms with Crippen LogP contribution < -0.4 is 5.73 Å². The van der Waals surface area contributed by atoms with Crippen LogP contribution in [0.5, 0.6) is 0 Å². The largest absolute Gasteiger partial charge is 0.389 e. The smallest absolute Gasteiger partial charge is 0.0900 e. The first-order valence-electron chi connectivity index (χ1n) is 6.78. The predicted octanol–water partition coefficient (Wildman–Crippen LogP) is 0.832. The lowest BCUT2D eigenvalue weighted by atomic mass is 9.90. The van der Waals surface area contributed by atoms with Gasteiger partial charge < -0.3 is 15.6 Å². The first-order chi connectivity index (χ1) is 8.04. The van der Waals surface area contributed by atoms with Crippen molar-refractivity contribution in [2.75, 3.05) is 26.2 Å². The molecular weight excluding hydrogens is 216 g/mol. The molecule has 17 heavy (non-hydrogen) atoms. The second-order valence-electron chi connectivity index (χ2n) is 5.45. The lowest BCUT2D eigenvalue weighted by Crippen LogP contribution is -2.51. The van der Waals surface area contributed by atoms with Gasteiger partial charge in [-0.2, -0.15) is 0 Å². The second kappa shape index (κ2) is 7.31. The van der Waals surface area contributed by atoms with E-state index in [1.165, 1.54) is 12.8 Å². The summed E-state index contributed by atoms with van der Waals surface area (Å²) in [7, 11) is 0. The minimum absolute atomic E-state index is 0.176. The highest BCUT2D eigenvalue weighted by Gasteiger charge is 2.28. The number of β-amino-alcohol motifs (C(OH)–C–C–N with tert-alkyl or cyclic N) is 1. The zero-order valence-corrected chi connectivity index (χ0v) is 11.4. The molecule has 0 amide bonds. The van der Waals surface area contributed by atoms with Gasteiger partial charge in [0.2, 0.25) is 0 Å². The van der Waals surface area contributed by atoms with Crippen LogP contribution in [0.15, 0.2) is 0 Å². The van der Waals surface area contributed by atoms with E-state index < -0.39 is 6.10 Å². The van der Waals surface area contributed by atoms with Crippen LogP contribution in [0.25, 0.3) is 0 Å². The van der Waals surface area contributed by atoms with Crippen LogP contribution in [-0.2, 0) is 4.74 Å². The lowest BCUT2D eigenvalue weighted by molar-refractivity contribution is -0.0231. The Morgan fingerprint density at radius 1 is 1.47 bits per heavy atom. The number of rotatable bonds is 6. The van der Waals surface area contributed by atoms with E-state index >= 15 is 0 Å². The van der Waals surface area contributed by atoms with Gasteiger partial charge in [-0.05, 0) is 39.2 Å². The van der Waals surface area contributed by atoms with Crippen molar-refractivity contribution in [2.24, 2.45) is 11.7 Å². The molecule has 4 nitrogen and oxygen atoms in total. The van der Waals surface area contributed by atoms with Crippen LogP contribution >= 0.6 is 0 Å². The maximum Gasteiger partial charge on any atom is 0.0900 e. The van der Waals surface area contributed by atoms with Gasteiger partial charge in [0.15, 0.2) is 0 Å². The third kappa shape index (κ3) is 4.92. The summed E-state index contributed by atoms with van der Waals surface area (Å²) in [5.41, 5.74) is 5.83. The molecule has 1 aliphatic rings. The molecule has 0 saturated carbocycles. The highest BCUT2D eigenvalue weighted by molar-refractivity contribution is 4.84. The summed E-state index contributed by atoms with van der Waals surface area (Å²) in [6, 6.07) is 0.414. The first kappa shape index (κ1) is 14.9. The standard InChI is InChI=1S/C13H28N2O2/c1-10(2)17-9-12(16)8-15-6-4-5-11(3)13(15)7-14/h10-13,16H,4-9,14H2,1-3H3. The average molecular weight is 244 g/mol. The Balaban J connectivity index is 2.37. The molecule has 3 N–H and O–H groups in total. The number of piperidine rings is 1. The SMILES string of the molecule is CC(C)OCC(O)CN1CCCC(C)C1CN. The third-order valence-electron chi connectivity index (χ3n) is 3.54. The normalized spacial score (nSPS) is 28.6.